The van der Waals surface area contributed by atoms with Crippen LogP contribution < -0.4 is 29.6 Å². The predicted octanol–water partition coefficient (Wildman–Crippen LogP) is -0.785. The monoisotopic (exact) mass is 572 g/mol. The minimum Gasteiger partial charge on any atom is -0.469 e. The third-order valence-corrected chi connectivity index (χ3v) is 4.81. The van der Waals surface area contributed by atoms with Crippen LogP contribution in [0, 0.1) is 11.3 Å². The molecular weight excluding hydrogens is 547 g/mol. The average Bonchev–Trinajstić information content (AvgIpc) is 3.51. The number of nitriles is 1. The minimum atomic E-state index is -0.397. The Bertz CT molecular complexity index is 1320. The molecule has 0 fully saturated rings. The normalized spacial score (nSPS) is 9.10. The van der Waals surface area contributed by atoms with Gasteiger partial charge in [0.1, 0.15) is 17.6 Å². The molecule has 0 aromatic carbocycles. The summed E-state index contributed by atoms with van der Waals surface area (Å²) in [4.78, 5) is 54.5. The first-order valence-corrected chi connectivity index (χ1v) is 11.5. The molecule has 208 valence electrons. The van der Waals surface area contributed by atoms with Crippen molar-refractivity contribution in [2.75, 3.05) is 14.2 Å². The summed E-state index contributed by atoms with van der Waals surface area (Å²) in [5.74, 6) is -0.478. The molecule has 0 aliphatic heterocycles. The van der Waals surface area contributed by atoms with Crippen LogP contribution in [0.2, 0.25) is 0 Å². The topological polar surface area (TPSA) is 249 Å². The molecule has 0 bridgehead atoms. The predicted molar refractivity (Wildman–Crippen MR) is 136 cm³/mol. The van der Waals surface area contributed by atoms with Crippen LogP contribution in [-0.2, 0) is 41.5 Å². The summed E-state index contributed by atoms with van der Waals surface area (Å²) in [6.45, 7) is 0. The van der Waals surface area contributed by atoms with Crippen molar-refractivity contribution in [3.05, 3.63) is 69.6 Å². The van der Waals surface area contributed by atoms with E-state index >= 15 is 0 Å². The molecule has 3 aromatic rings. The van der Waals surface area contributed by atoms with E-state index in [2.05, 4.69) is 40.1 Å². The number of rotatable bonds is 11. The van der Waals surface area contributed by atoms with Crippen LogP contribution in [0.4, 0.5) is 0 Å². The Morgan fingerprint density at radius 1 is 0.878 bits per heavy atom. The van der Waals surface area contributed by atoms with Crippen molar-refractivity contribution in [1.29, 1.82) is 5.26 Å². The molecule has 0 spiro atoms. The van der Waals surface area contributed by atoms with Crippen LogP contribution >= 0.6 is 0 Å². The van der Waals surface area contributed by atoms with E-state index in [1.807, 2.05) is 6.07 Å². The van der Waals surface area contributed by atoms with Gasteiger partial charge in [-0.2, -0.15) is 10.5 Å². The Labute approximate surface area is 256 Å². The fourth-order valence-corrected chi connectivity index (χ4v) is 2.81. The Balaban J connectivity index is 0.000000704. The van der Waals surface area contributed by atoms with Gasteiger partial charge in [0, 0.05) is 55.0 Å². The van der Waals surface area contributed by atoms with Crippen LogP contribution in [0.15, 0.2) is 36.7 Å². The molecule has 0 radical (unpaired) electrons. The maximum atomic E-state index is 11.7. The maximum Gasteiger partial charge on any atom is 1.00 e. The smallest absolute Gasteiger partial charge is 0.469 e. The van der Waals surface area contributed by atoms with Gasteiger partial charge < -0.3 is 20.5 Å². The Hall–Kier alpha value is -4.55. The number of hydrogen-bond acceptors (Lipinski definition) is 12. The van der Waals surface area contributed by atoms with Crippen molar-refractivity contribution < 1.29 is 58.2 Å². The van der Waals surface area contributed by atoms with Crippen molar-refractivity contribution in [1.82, 2.24) is 30.6 Å². The molecule has 0 amide bonds. The van der Waals surface area contributed by atoms with E-state index in [9.17, 15) is 19.2 Å². The molecule has 3 rings (SSSR count). The van der Waals surface area contributed by atoms with Gasteiger partial charge in [0.25, 0.3) is 0 Å². The molecule has 41 heavy (non-hydrogen) atoms. The second-order valence-corrected chi connectivity index (χ2v) is 7.60. The molecule has 0 aliphatic carbocycles. The summed E-state index contributed by atoms with van der Waals surface area (Å²) in [6, 6.07) is 8.68. The molecular formula is C24H25N10NaO6. The molecule has 0 aliphatic rings. The summed E-state index contributed by atoms with van der Waals surface area (Å²) in [6.07, 6.45) is 3.83. The van der Waals surface area contributed by atoms with Crippen molar-refractivity contribution in [2.24, 2.45) is 0 Å². The second-order valence-electron chi connectivity index (χ2n) is 7.60. The van der Waals surface area contributed by atoms with Crippen LogP contribution in [0.5, 0.6) is 0 Å². The standard InChI is InChI=1S/C12H13N5O3.C12H12N2O3.N3.Na/c1-20-11(19)5-4-10(18)6-9-3-2-8(7-13-9)12-14-16-17-15-12;1-17-12(16)5-4-11(15)6-10-3-2-9(7-13)8-14-10;1-3-2;/h2-3,7H,4-6H2,1H3,(H,14,15,16,17);2-3,8H,4-6H2,1H3;;/q;;-1;+1. The molecule has 0 unspecified atom stereocenters. The third-order valence-electron chi connectivity index (χ3n) is 4.81. The Morgan fingerprint density at radius 3 is 1.76 bits per heavy atom. The number of ether oxygens (including phenoxy) is 2. The number of pyridine rings is 2. The molecule has 3 aromatic heterocycles. The van der Waals surface area contributed by atoms with Crippen LogP contribution in [0.25, 0.3) is 27.4 Å². The molecule has 0 atom stereocenters. The van der Waals surface area contributed by atoms with Crippen molar-refractivity contribution in [3.8, 4) is 17.5 Å². The summed E-state index contributed by atoms with van der Waals surface area (Å²) < 4.78 is 8.92. The fraction of sp³-hybridized carbons (Fsp3) is 0.333. The number of hydrogen-bond donors (Lipinski definition) is 1. The number of carbonyl (C=O) groups is 4. The molecule has 0 saturated heterocycles. The third kappa shape index (κ3) is 15.6. The number of carbonyl (C=O) groups excluding carboxylic acids is 4. The maximum absolute atomic E-state index is 11.7. The van der Waals surface area contributed by atoms with Gasteiger partial charge in [0.2, 0.25) is 5.82 Å². The molecule has 17 heteroatoms. The van der Waals surface area contributed by atoms with Crippen LogP contribution in [0.3, 0.4) is 0 Å². The summed E-state index contributed by atoms with van der Waals surface area (Å²) in [5.41, 5.74) is 15.9. The van der Waals surface area contributed by atoms with Gasteiger partial charge in [0.15, 0.2) is 0 Å². The van der Waals surface area contributed by atoms with Gasteiger partial charge >= 0.3 is 41.5 Å². The zero-order chi connectivity index (χ0) is 29.8. The van der Waals surface area contributed by atoms with E-state index in [1.54, 1.807) is 30.5 Å². The van der Waals surface area contributed by atoms with Crippen molar-refractivity contribution >= 4 is 23.5 Å². The first-order valence-electron chi connectivity index (χ1n) is 11.5. The van der Waals surface area contributed by atoms with E-state index < -0.39 is 11.9 Å². The van der Waals surface area contributed by atoms with Gasteiger partial charge in [-0.1, -0.05) is 0 Å². The zero-order valence-corrected chi connectivity index (χ0v) is 24.7. The second kappa shape index (κ2) is 21.3. The number of tetrazole rings is 1. The average molecular weight is 573 g/mol. The van der Waals surface area contributed by atoms with E-state index in [4.69, 9.17) is 16.3 Å². The van der Waals surface area contributed by atoms with Crippen LogP contribution in [0.1, 0.15) is 42.6 Å². The zero-order valence-electron chi connectivity index (χ0n) is 22.7. The number of nitrogens with zero attached hydrogens (tertiary/aromatic N) is 9. The number of aromatic amines is 1. The Kier molecular flexibility index (Phi) is 18.9. The number of esters is 2. The molecule has 0 saturated carbocycles. The number of nitrogens with one attached hydrogen (secondary N) is 1. The minimum absolute atomic E-state index is 0. The van der Waals surface area contributed by atoms with E-state index in [0.29, 0.717) is 28.3 Å². The number of H-pyrrole nitrogens is 1. The van der Waals surface area contributed by atoms with E-state index in [1.165, 1.54) is 25.3 Å². The van der Waals surface area contributed by atoms with Gasteiger partial charge in [0.05, 0.1) is 32.6 Å². The van der Waals surface area contributed by atoms with Crippen molar-refractivity contribution in [2.45, 2.75) is 38.5 Å². The van der Waals surface area contributed by atoms with Crippen LogP contribution in [-0.4, -0.2) is 68.3 Å². The number of methoxy groups -OCH3 is 2. The summed E-state index contributed by atoms with van der Waals surface area (Å²) >= 11 is 0. The first kappa shape index (κ1) is 36.5. The van der Waals surface area contributed by atoms with E-state index in [0.717, 1.165) is 0 Å². The van der Waals surface area contributed by atoms with Gasteiger partial charge in [-0.05, 0) is 29.5 Å². The molecule has 3 heterocycles. The quantitative estimate of drug-likeness (QED) is 0.0976. The largest absolute Gasteiger partial charge is 1.00 e. The van der Waals surface area contributed by atoms with Gasteiger partial charge in [-0.15, -0.1) is 10.2 Å². The van der Waals surface area contributed by atoms with Gasteiger partial charge in [-0.3, -0.25) is 34.1 Å². The Morgan fingerprint density at radius 2 is 1.39 bits per heavy atom. The van der Waals surface area contributed by atoms with E-state index in [-0.39, 0.29) is 79.6 Å². The number of ketones is 2. The van der Waals surface area contributed by atoms with Crippen molar-refractivity contribution in [3.63, 3.8) is 0 Å². The first-order chi connectivity index (χ1) is 19.3. The number of aromatic nitrogens is 6. The van der Waals surface area contributed by atoms with Gasteiger partial charge in [-0.25, -0.2) is 0 Å². The number of Topliss-reactive ketones (excluding diaryl/α,β-unsaturated/α-hetero) is 2. The summed E-state index contributed by atoms with van der Waals surface area (Å²) in [5, 5.41) is 22.0. The SMILES string of the molecule is COC(=O)CCC(=O)Cc1ccc(-c2nn[nH]n2)cn1.COC(=O)CCC(=O)Cc1ccc(C#N)cn1.[N-]=[N+]=[N-].[Na+]. The molecule has 1 N–H and O–H groups in total. The fourth-order valence-electron chi connectivity index (χ4n) is 2.81. The molecule has 16 nitrogen and oxygen atoms in total. The summed E-state index contributed by atoms with van der Waals surface area (Å²) in [7, 11) is 2.58.